The van der Waals surface area contributed by atoms with Crippen LogP contribution in [0.3, 0.4) is 0 Å². The number of hydrogen-bond donors (Lipinski definition) is 0. The molecule has 0 spiro atoms. The second-order valence-corrected chi connectivity index (χ2v) is 4.76. The molecule has 1 saturated heterocycles. The third-order valence-corrected chi connectivity index (χ3v) is 3.92. The van der Waals surface area contributed by atoms with E-state index in [1.807, 2.05) is 0 Å². The zero-order valence-electron chi connectivity index (χ0n) is 9.83. The number of nitrogens with zero attached hydrogens (tertiary/aromatic N) is 1. The Kier molecular flexibility index (Phi) is 3.28. The number of ketones is 1. The van der Waals surface area contributed by atoms with Gasteiger partial charge in [-0.15, -0.1) is 0 Å². The molecule has 2 fully saturated rings. The third-order valence-electron chi connectivity index (χ3n) is 3.92. The van der Waals surface area contributed by atoms with Gasteiger partial charge in [0.15, 0.2) is 0 Å². The molecule has 0 atom stereocenters. The molecule has 4 heteroatoms. The summed E-state index contributed by atoms with van der Waals surface area (Å²) in [5, 5.41) is 0. The lowest BCUT2D eigenvalue weighted by Gasteiger charge is -2.40. The van der Waals surface area contributed by atoms with Gasteiger partial charge in [0.1, 0.15) is 11.3 Å². The molecular weight excluding hydrogens is 206 g/mol. The van der Waals surface area contributed by atoms with Gasteiger partial charge in [0.25, 0.3) is 0 Å². The normalized spacial score (nSPS) is 25.7. The van der Waals surface area contributed by atoms with E-state index < -0.39 is 5.54 Å². The highest BCUT2D eigenvalue weighted by molar-refractivity contribution is 5.83. The molecule has 1 aliphatic heterocycles. The minimum atomic E-state index is -0.421. The van der Waals surface area contributed by atoms with Crippen molar-refractivity contribution in [2.45, 2.75) is 44.1 Å². The van der Waals surface area contributed by atoms with E-state index in [2.05, 4.69) is 4.90 Å². The van der Waals surface area contributed by atoms with Crippen LogP contribution >= 0.6 is 0 Å². The zero-order valence-corrected chi connectivity index (χ0v) is 9.83. The number of esters is 1. The third kappa shape index (κ3) is 1.86. The average Bonchev–Trinajstić information content (AvgIpc) is 2.79. The number of likely N-dealkylation sites (tertiary alicyclic amines) is 1. The van der Waals surface area contributed by atoms with Gasteiger partial charge in [-0.25, -0.2) is 0 Å². The van der Waals surface area contributed by atoms with Crippen LogP contribution in [0.4, 0.5) is 0 Å². The summed E-state index contributed by atoms with van der Waals surface area (Å²) in [6.45, 7) is 1.43. The number of piperidine rings is 1. The minimum absolute atomic E-state index is 0.112. The molecule has 90 valence electrons. The van der Waals surface area contributed by atoms with Gasteiger partial charge in [-0.2, -0.15) is 0 Å². The van der Waals surface area contributed by atoms with Gasteiger partial charge in [0.2, 0.25) is 0 Å². The lowest BCUT2D eigenvalue weighted by atomic mass is 9.92. The molecular formula is C12H19NO3. The first kappa shape index (κ1) is 11.6. The number of Topliss-reactive ketones (excluding diaryl/α,β-unsaturated/α-hetero) is 1. The molecule has 0 aromatic carbocycles. The van der Waals surface area contributed by atoms with Crippen LogP contribution in [0.5, 0.6) is 0 Å². The Morgan fingerprint density at radius 2 is 1.81 bits per heavy atom. The van der Waals surface area contributed by atoms with Crippen molar-refractivity contribution < 1.29 is 14.3 Å². The Morgan fingerprint density at radius 1 is 1.25 bits per heavy atom. The summed E-state index contributed by atoms with van der Waals surface area (Å²) in [5.41, 5.74) is -0.421. The predicted octanol–water partition coefficient (Wildman–Crippen LogP) is 1.14. The molecule has 0 bridgehead atoms. The number of hydrogen-bond acceptors (Lipinski definition) is 4. The van der Waals surface area contributed by atoms with E-state index in [1.165, 1.54) is 7.11 Å². The standard InChI is InChI=1S/C12H19NO3/c1-16-11(15)12(6-2-3-7-12)13-8-4-10(14)5-9-13/h2-9H2,1H3. The summed E-state index contributed by atoms with van der Waals surface area (Å²) in [6, 6.07) is 0. The number of rotatable bonds is 2. The first-order valence-corrected chi connectivity index (χ1v) is 6.04. The van der Waals surface area contributed by atoms with Crippen molar-refractivity contribution in [1.82, 2.24) is 4.90 Å². The van der Waals surface area contributed by atoms with Gasteiger partial charge in [0.05, 0.1) is 7.11 Å². The fourth-order valence-corrected chi connectivity index (χ4v) is 2.98. The van der Waals surface area contributed by atoms with Crippen molar-refractivity contribution in [3.05, 3.63) is 0 Å². The van der Waals surface area contributed by atoms with Crippen LogP contribution in [0.1, 0.15) is 38.5 Å². The Hall–Kier alpha value is -0.900. The molecule has 0 radical (unpaired) electrons. The minimum Gasteiger partial charge on any atom is -0.468 e. The first-order valence-electron chi connectivity index (χ1n) is 6.04. The molecule has 2 rings (SSSR count). The van der Waals surface area contributed by atoms with E-state index in [0.29, 0.717) is 31.7 Å². The topological polar surface area (TPSA) is 46.6 Å². The maximum Gasteiger partial charge on any atom is 0.326 e. The van der Waals surface area contributed by atoms with Gasteiger partial charge in [-0.1, -0.05) is 12.8 Å². The van der Waals surface area contributed by atoms with Crippen LogP contribution in [-0.2, 0) is 14.3 Å². The maximum absolute atomic E-state index is 12.0. The second-order valence-electron chi connectivity index (χ2n) is 4.76. The van der Waals surface area contributed by atoms with Crippen molar-refractivity contribution in [3.63, 3.8) is 0 Å². The second kappa shape index (κ2) is 4.53. The number of ether oxygens (including phenoxy) is 1. The highest BCUT2D eigenvalue weighted by Crippen LogP contribution is 2.37. The van der Waals surface area contributed by atoms with Crippen LogP contribution in [0, 0.1) is 0 Å². The fraction of sp³-hybridized carbons (Fsp3) is 0.833. The first-order chi connectivity index (χ1) is 7.69. The Morgan fingerprint density at radius 3 is 2.31 bits per heavy atom. The number of carbonyl (C=O) groups excluding carboxylic acids is 2. The summed E-state index contributed by atoms with van der Waals surface area (Å²) in [5.74, 6) is 0.202. The van der Waals surface area contributed by atoms with Gasteiger partial charge >= 0.3 is 5.97 Å². The highest BCUT2D eigenvalue weighted by atomic mass is 16.5. The molecule has 0 unspecified atom stereocenters. The molecule has 0 N–H and O–H groups in total. The monoisotopic (exact) mass is 225 g/mol. The summed E-state index contributed by atoms with van der Waals surface area (Å²) >= 11 is 0. The predicted molar refractivity (Wildman–Crippen MR) is 59.0 cm³/mol. The Bertz CT molecular complexity index is 285. The van der Waals surface area contributed by atoms with E-state index in [4.69, 9.17) is 4.74 Å². The van der Waals surface area contributed by atoms with Crippen LogP contribution in [-0.4, -0.2) is 42.4 Å². The van der Waals surface area contributed by atoms with Crippen molar-refractivity contribution in [2.75, 3.05) is 20.2 Å². The van der Waals surface area contributed by atoms with Gasteiger partial charge < -0.3 is 4.74 Å². The largest absolute Gasteiger partial charge is 0.468 e. The number of methoxy groups -OCH3 is 1. The zero-order chi connectivity index (χ0) is 11.6. The average molecular weight is 225 g/mol. The summed E-state index contributed by atoms with van der Waals surface area (Å²) in [7, 11) is 1.46. The van der Waals surface area contributed by atoms with Crippen molar-refractivity contribution in [2.24, 2.45) is 0 Å². The smallest absolute Gasteiger partial charge is 0.326 e. The Balaban J connectivity index is 2.13. The van der Waals surface area contributed by atoms with Crippen LogP contribution in [0.25, 0.3) is 0 Å². The van der Waals surface area contributed by atoms with Crippen LogP contribution in [0.2, 0.25) is 0 Å². The molecule has 1 heterocycles. The van der Waals surface area contributed by atoms with Crippen molar-refractivity contribution >= 4 is 11.8 Å². The van der Waals surface area contributed by atoms with Gasteiger partial charge in [-0.3, -0.25) is 14.5 Å². The Labute approximate surface area is 95.9 Å². The quantitative estimate of drug-likeness (QED) is 0.661. The van der Waals surface area contributed by atoms with Gasteiger partial charge in [0, 0.05) is 25.9 Å². The van der Waals surface area contributed by atoms with E-state index in [9.17, 15) is 9.59 Å². The summed E-state index contributed by atoms with van der Waals surface area (Å²) < 4.78 is 4.95. The van der Waals surface area contributed by atoms with Crippen molar-refractivity contribution in [3.8, 4) is 0 Å². The van der Waals surface area contributed by atoms with E-state index >= 15 is 0 Å². The molecule has 0 aromatic heterocycles. The van der Waals surface area contributed by atoms with Gasteiger partial charge in [-0.05, 0) is 12.8 Å². The van der Waals surface area contributed by atoms with E-state index in [0.717, 1.165) is 25.7 Å². The maximum atomic E-state index is 12.0. The van der Waals surface area contributed by atoms with Crippen molar-refractivity contribution in [1.29, 1.82) is 0 Å². The molecule has 0 amide bonds. The lowest BCUT2D eigenvalue weighted by Crippen LogP contribution is -2.56. The molecule has 2 aliphatic rings. The molecule has 0 aromatic rings. The molecule has 1 saturated carbocycles. The molecule has 4 nitrogen and oxygen atoms in total. The SMILES string of the molecule is COC(=O)C1(N2CCC(=O)CC2)CCCC1. The fourth-order valence-electron chi connectivity index (χ4n) is 2.98. The molecule has 1 aliphatic carbocycles. The summed E-state index contributed by atoms with van der Waals surface area (Å²) in [4.78, 5) is 25.4. The summed E-state index contributed by atoms with van der Waals surface area (Å²) in [6.07, 6.45) is 5.10. The van der Waals surface area contributed by atoms with E-state index in [1.54, 1.807) is 0 Å². The molecule has 16 heavy (non-hydrogen) atoms. The van der Waals surface area contributed by atoms with Crippen LogP contribution < -0.4 is 0 Å². The van der Waals surface area contributed by atoms with Crippen LogP contribution in [0.15, 0.2) is 0 Å². The van der Waals surface area contributed by atoms with E-state index in [-0.39, 0.29) is 5.97 Å². The number of carbonyl (C=O) groups is 2. The lowest BCUT2D eigenvalue weighted by molar-refractivity contribution is -0.157. The highest BCUT2D eigenvalue weighted by Gasteiger charge is 2.47.